The van der Waals surface area contributed by atoms with Crippen LogP contribution in [-0.2, 0) is 0 Å². The smallest absolute Gasteiger partial charge is 0.0354 e. The molecular formula is C14H22BrN. The van der Waals surface area contributed by atoms with Crippen molar-refractivity contribution < 1.29 is 0 Å². The van der Waals surface area contributed by atoms with Crippen LogP contribution in [-0.4, -0.2) is 6.54 Å². The molecule has 0 amide bonds. The second-order valence-electron chi connectivity index (χ2n) is 4.65. The Morgan fingerprint density at radius 3 is 2.56 bits per heavy atom. The zero-order valence-corrected chi connectivity index (χ0v) is 12.3. The lowest BCUT2D eigenvalue weighted by Gasteiger charge is -2.24. The number of hydrogen-bond donors (Lipinski definition) is 1. The SMILES string of the molecule is CCCNC(c1cccc(C)c1Br)C(C)C. The highest BCUT2D eigenvalue weighted by Gasteiger charge is 2.17. The largest absolute Gasteiger partial charge is 0.310 e. The first-order valence-corrected chi connectivity index (χ1v) is 6.85. The number of aryl methyl sites for hydroxylation is 1. The van der Waals surface area contributed by atoms with Gasteiger partial charge in [-0.1, -0.05) is 54.9 Å². The van der Waals surface area contributed by atoms with E-state index in [-0.39, 0.29) is 0 Å². The monoisotopic (exact) mass is 283 g/mol. The van der Waals surface area contributed by atoms with Crippen molar-refractivity contribution in [2.45, 2.75) is 40.2 Å². The van der Waals surface area contributed by atoms with Crippen molar-refractivity contribution in [3.63, 3.8) is 0 Å². The molecule has 1 rings (SSSR count). The van der Waals surface area contributed by atoms with Gasteiger partial charge in [-0.3, -0.25) is 0 Å². The molecule has 1 unspecified atom stereocenters. The van der Waals surface area contributed by atoms with Gasteiger partial charge in [-0.25, -0.2) is 0 Å². The molecule has 16 heavy (non-hydrogen) atoms. The van der Waals surface area contributed by atoms with E-state index in [0.29, 0.717) is 12.0 Å². The molecule has 0 spiro atoms. The van der Waals surface area contributed by atoms with Crippen molar-refractivity contribution in [2.75, 3.05) is 6.54 Å². The molecule has 0 bridgehead atoms. The van der Waals surface area contributed by atoms with Crippen LogP contribution in [0.3, 0.4) is 0 Å². The average Bonchev–Trinajstić information content (AvgIpc) is 2.24. The minimum atomic E-state index is 0.439. The van der Waals surface area contributed by atoms with Crippen LogP contribution < -0.4 is 5.32 Å². The molecule has 0 aliphatic carbocycles. The average molecular weight is 284 g/mol. The summed E-state index contributed by atoms with van der Waals surface area (Å²) < 4.78 is 1.25. The van der Waals surface area contributed by atoms with Gasteiger partial charge in [0, 0.05) is 10.5 Å². The van der Waals surface area contributed by atoms with Crippen LogP contribution in [0.1, 0.15) is 44.4 Å². The molecule has 1 atom stereocenters. The van der Waals surface area contributed by atoms with E-state index < -0.39 is 0 Å². The fraction of sp³-hybridized carbons (Fsp3) is 0.571. The Morgan fingerprint density at radius 2 is 2.00 bits per heavy atom. The van der Waals surface area contributed by atoms with Crippen LogP contribution in [0.5, 0.6) is 0 Å². The Balaban J connectivity index is 2.96. The van der Waals surface area contributed by atoms with Gasteiger partial charge >= 0.3 is 0 Å². The van der Waals surface area contributed by atoms with Gasteiger partial charge in [0.25, 0.3) is 0 Å². The number of benzene rings is 1. The molecule has 0 saturated heterocycles. The van der Waals surface area contributed by atoms with E-state index in [1.54, 1.807) is 0 Å². The molecule has 0 aliphatic rings. The van der Waals surface area contributed by atoms with Crippen LogP contribution in [0.25, 0.3) is 0 Å². The molecule has 0 fully saturated rings. The standard InChI is InChI=1S/C14H22BrN/c1-5-9-16-14(10(2)3)12-8-6-7-11(4)13(12)15/h6-8,10,14,16H,5,9H2,1-4H3. The molecule has 0 heterocycles. The maximum absolute atomic E-state index is 3.70. The van der Waals surface area contributed by atoms with Crippen LogP contribution in [0.15, 0.2) is 22.7 Å². The molecule has 0 radical (unpaired) electrons. The second kappa shape index (κ2) is 6.41. The summed E-state index contributed by atoms with van der Waals surface area (Å²) in [5.74, 6) is 0.602. The Bertz CT molecular complexity index is 334. The molecule has 0 aliphatic heterocycles. The lowest BCUT2D eigenvalue weighted by atomic mass is 9.95. The van der Waals surface area contributed by atoms with Crippen LogP contribution in [0.2, 0.25) is 0 Å². The zero-order valence-electron chi connectivity index (χ0n) is 10.7. The van der Waals surface area contributed by atoms with E-state index >= 15 is 0 Å². The summed E-state index contributed by atoms with van der Waals surface area (Å²) in [5.41, 5.74) is 2.69. The van der Waals surface area contributed by atoms with Gasteiger partial charge in [0.15, 0.2) is 0 Å². The van der Waals surface area contributed by atoms with Gasteiger partial charge in [-0.05, 0) is 36.9 Å². The Morgan fingerprint density at radius 1 is 1.31 bits per heavy atom. The van der Waals surface area contributed by atoms with Gasteiger partial charge in [0.1, 0.15) is 0 Å². The van der Waals surface area contributed by atoms with Crippen molar-refractivity contribution in [3.05, 3.63) is 33.8 Å². The third kappa shape index (κ3) is 3.33. The lowest BCUT2D eigenvalue weighted by molar-refractivity contribution is 0.411. The summed E-state index contributed by atoms with van der Waals surface area (Å²) in [5, 5.41) is 3.62. The highest BCUT2D eigenvalue weighted by molar-refractivity contribution is 9.10. The maximum atomic E-state index is 3.70. The Hall–Kier alpha value is -0.340. The fourth-order valence-electron chi connectivity index (χ4n) is 1.91. The first-order valence-electron chi connectivity index (χ1n) is 6.06. The van der Waals surface area contributed by atoms with E-state index in [2.05, 4.69) is 67.1 Å². The zero-order chi connectivity index (χ0) is 12.1. The lowest BCUT2D eigenvalue weighted by Crippen LogP contribution is -2.26. The molecule has 1 aromatic carbocycles. The fourth-order valence-corrected chi connectivity index (χ4v) is 2.43. The predicted octanol–water partition coefficient (Wildman–Crippen LogP) is 4.45. The number of hydrogen-bond acceptors (Lipinski definition) is 1. The molecule has 1 nitrogen and oxygen atoms in total. The van der Waals surface area contributed by atoms with Crippen molar-refractivity contribution in [1.82, 2.24) is 5.32 Å². The molecule has 1 N–H and O–H groups in total. The van der Waals surface area contributed by atoms with Gasteiger partial charge in [-0.2, -0.15) is 0 Å². The topological polar surface area (TPSA) is 12.0 Å². The molecule has 90 valence electrons. The maximum Gasteiger partial charge on any atom is 0.0354 e. The van der Waals surface area contributed by atoms with Gasteiger partial charge in [0.05, 0.1) is 0 Å². The van der Waals surface area contributed by atoms with E-state index in [0.717, 1.165) is 6.54 Å². The minimum Gasteiger partial charge on any atom is -0.310 e. The van der Waals surface area contributed by atoms with Gasteiger partial charge in [-0.15, -0.1) is 0 Å². The van der Waals surface area contributed by atoms with Gasteiger partial charge < -0.3 is 5.32 Å². The predicted molar refractivity (Wildman–Crippen MR) is 74.8 cm³/mol. The third-order valence-electron chi connectivity index (χ3n) is 2.84. The van der Waals surface area contributed by atoms with Crippen LogP contribution in [0.4, 0.5) is 0 Å². The van der Waals surface area contributed by atoms with Crippen molar-refractivity contribution in [1.29, 1.82) is 0 Å². The molecule has 2 heteroatoms. The van der Waals surface area contributed by atoms with E-state index in [4.69, 9.17) is 0 Å². The molecule has 0 saturated carbocycles. The Labute approximate surface area is 108 Å². The Kier molecular flexibility index (Phi) is 5.50. The van der Waals surface area contributed by atoms with Crippen molar-refractivity contribution in [3.8, 4) is 0 Å². The summed E-state index contributed by atoms with van der Waals surface area (Å²) in [6, 6.07) is 6.93. The summed E-state index contributed by atoms with van der Waals surface area (Å²) in [6.07, 6.45) is 1.17. The van der Waals surface area contributed by atoms with Crippen LogP contribution in [0, 0.1) is 12.8 Å². The summed E-state index contributed by atoms with van der Waals surface area (Å²) in [4.78, 5) is 0. The highest BCUT2D eigenvalue weighted by Crippen LogP contribution is 2.30. The first-order chi connectivity index (χ1) is 7.57. The van der Waals surface area contributed by atoms with Crippen molar-refractivity contribution in [2.24, 2.45) is 5.92 Å². The second-order valence-corrected chi connectivity index (χ2v) is 5.45. The first kappa shape index (κ1) is 13.7. The molecule has 0 aromatic heterocycles. The quantitative estimate of drug-likeness (QED) is 0.842. The number of nitrogens with one attached hydrogen (secondary N) is 1. The van der Waals surface area contributed by atoms with Gasteiger partial charge in [0.2, 0.25) is 0 Å². The summed E-state index contributed by atoms with van der Waals surface area (Å²) in [7, 11) is 0. The number of rotatable bonds is 5. The van der Waals surface area contributed by atoms with Crippen molar-refractivity contribution >= 4 is 15.9 Å². The highest BCUT2D eigenvalue weighted by atomic mass is 79.9. The van der Waals surface area contributed by atoms with E-state index in [9.17, 15) is 0 Å². The van der Waals surface area contributed by atoms with Crippen LogP contribution >= 0.6 is 15.9 Å². The molecular weight excluding hydrogens is 262 g/mol. The normalized spacial score (nSPS) is 13.1. The minimum absolute atomic E-state index is 0.439. The van der Waals surface area contributed by atoms with E-state index in [1.807, 2.05) is 0 Å². The third-order valence-corrected chi connectivity index (χ3v) is 3.92. The summed E-state index contributed by atoms with van der Waals surface area (Å²) >= 11 is 3.70. The molecule has 1 aromatic rings. The number of halogens is 1. The van der Waals surface area contributed by atoms with E-state index in [1.165, 1.54) is 22.0 Å². The summed E-state index contributed by atoms with van der Waals surface area (Å²) in [6.45, 7) is 9.95.